The third-order valence-electron chi connectivity index (χ3n) is 6.11. The van der Waals surface area contributed by atoms with Crippen molar-refractivity contribution in [2.45, 2.75) is 10.8 Å². The number of rotatable bonds is 8. The zero-order valence-electron chi connectivity index (χ0n) is 19.4. The first-order valence-electron chi connectivity index (χ1n) is 11.2. The monoisotopic (exact) mass is 494 g/mol. The largest absolute Gasteiger partial charge is 0.493 e. The van der Waals surface area contributed by atoms with Crippen molar-refractivity contribution < 1.29 is 27.4 Å². The lowest BCUT2D eigenvalue weighted by molar-refractivity contribution is 0.171. The van der Waals surface area contributed by atoms with E-state index in [1.807, 2.05) is 48.7 Å². The number of fused-ring (bicyclic) bond motifs is 2. The molecule has 0 radical (unpaired) electrons. The number of methoxy groups -OCH3 is 2. The van der Waals surface area contributed by atoms with Crippen LogP contribution in [0.3, 0.4) is 0 Å². The number of hydrogen-bond donors (Lipinski definition) is 2. The Hall–Kier alpha value is -3.69. The van der Waals surface area contributed by atoms with Gasteiger partial charge in [-0.15, -0.1) is 0 Å². The average molecular weight is 495 g/mol. The van der Waals surface area contributed by atoms with Gasteiger partial charge < -0.3 is 23.9 Å². The molecule has 35 heavy (non-hydrogen) atoms. The maximum atomic E-state index is 13.3. The summed E-state index contributed by atoms with van der Waals surface area (Å²) in [6, 6.07) is 18.1. The van der Waals surface area contributed by atoms with E-state index in [2.05, 4.69) is 9.71 Å². The Labute approximate surface area is 203 Å². The molecule has 0 saturated carbocycles. The fourth-order valence-corrected chi connectivity index (χ4v) is 5.49. The summed E-state index contributed by atoms with van der Waals surface area (Å²) in [6.07, 6.45) is 1.91. The van der Waals surface area contributed by atoms with E-state index >= 15 is 0 Å². The molecule has 182 valence electrons. The highest BCUT2D eigenvalue weighted by Crippen LogP contribution is 2.40. The Kier molecular flexibility index (Phi) is 6.27. The predicted octanol–water partition coefficient (Wildman–Crippen LogP) is 4.07. The molecule has 0 aliphatic carbocycles. The van der Waals surface area contributed by atoms with Gasteiger partial charge in [0.25, 0.3) is 0 Å². The van der Waals surface area contributed by atoms with Crippen molar-refractivity contribution >= 4 is 20.9 Å². The van der Waals surface area contributed by atoms with Crippen LogP contribution in [0.2, 0.25) is 0 Å². The first-order chi connectivity index (χ1) is 17.0. The molecule has 0 spiro atoms. The smallest absolute Gasteiger partial charge is 0.240 e. The van der Waals surface area contributed by atoms with Crippen molar-refractivity contribution in [1.29, 1.82) is 0 Å². The lowest BCUT2D eigenvalue weighted by Gasteiger charge is -2.22. The Balaban J connectivity index is 1.53. The van der Waals surface area contributed by atoms with Gasteiger partial charge in [0, 0.05) is 41.2 Å². The summed E-state index contributed by atoms with van der Waals surface area (Å²) >= 11 is 0. The number of ether oxygens (including phenoxy) is 4. The van der Waals surface area contributed by atoms with Gasteiger partial charge in [-0.05, 0) is 29.8 Å². The Morgan fingerprint density at radius 2 is 1.74 bits per heavy atom. The zero-order chi connectivity index (χ0) is 24.4. The zero-order valence-corrected chi connectivity index (χ0v) is 20.2. The highest BCUT2D eigenvalue weighted by Gasteiger charge is 2.27. The SMILES string of the molecule is COc1cccc(C(CNS(=O)(=O)c2ccc3c(c2)OCCO3)c2c[nH]c3ccccc23)c1OC. The van der Waals surface area contributed by atoms with E-state index in [4.69, 9.17) is 18.9 Å². The van der Waals surface area contributed by atoms with Gasteiger partial charge >= 0.3 is 0 Å². The van der Waals surface area contributed by atoms with Gasteiger partial charge in [-0.2, -0.15) is 0 Å². The molecule has 1 unspecified atom stereocenters. The lowest BCUT2D eigenvalue weighted by Crippen LogP contribution is -2.29. The highest BCUT2D eigenvalue weighted by atomic mass is 32.2. The molecule has 2 N–H and O–H groups in total. The fraction of sp³-hybridized carbons (Fsp3) is 0.231. The highest BCUT2D eigenvalue weighted by molar-refractivity contribution is 7.89. The van der Waals surface area contributed by atoms with Crippen molar-refractivity contribution in [2.24, 2.45) is 0 Å². The van der Waals surface area contributed by atoms with E-state index in [0.29, 0.717) is 36.2 Å². The molecule has 4 aromatic rings. The first-order valence-corrected chi connectivity index (χ1v) is 12.7. The number of sulfonamides is 1. The summed E-state index contributed by atoms with van der Waals surface area (Å²) in [7, 11) is -0.692. The molecule has 1 aliphatic rings. The van der Waals surface area contributed by atoms with Crippen LogP contribution in [0.4, 0.5) is 0 Å². The molecule has 1 aromatic heterocycles. The van der Waals surface area contributed by atoms with Crippen molar-refractivity contribution in [1.82, 2.24) is 9.71 Å². The molecule has 1 atom stereocenters. The second-order valence-corrected chi connectivity index (χ2v) is 9.85. The van der Waals surface area contributed by atoms with Gasteiger partial charge in [0.1, 0.15) is 13.2 Å². The van der Waals surface area contributed by atoms with Crippen LogP contribution in [0.15, 0.2) is 71.8 Å². The number of aromatic nitrogens is 1. The summed E-state index contributed by atoms with van der Waals surface area (Å²) in [6.45, 7) is 0.913. The minimum absolute atomic E-state index is 0.0994. The lowest BCUT2D eigenvalue weighted by atomic mass is 9.90. The molecule has 0 saturated heterocycles. The number of para-hydroxylation sites is 2. The topological polar surface area (TPSA) is 98.9 Å². The van der Waals surface area contributed by atoms with Gasteiger partial charge in [-0.3, -0.25) is 0 Å². The number of aromatic amines is 1. The van der Waals surface area contributed by atoms with Crippen molar-refractivity contribution in [3.8, 4) is 23.0 Å². The van der Waals surface area contributed by atoms with E-state index < -0.39 is 10.0 Å². The van der Waals surface area contributed by atoms with Gasteiger partial charge in [0.05, 0.1) is 19.1 Å². The number of H-pyrrole nitrogens is 1. The van der Waals surface area contributed by atoms with E-state index in [1.165, 1.54) is 12.1 Å². The molecule has 0 fully saturated rings. The fourth-order valence-electron chi connectivity index (χ4n) is 4.42. The first kappa shape index (κ1) is 23.1. The van der Waals surface area contributed by atoms with Crippen LogP contribution < -0.4 is 23.7 Å². The van der Waals surface area contributed by atoms with E-state index in [0.717, 1.165) is 22.0 Å². The normalized spacial score (nSPS) is 14.0. The summed E-state index contributed by atoms with van der Waals surface area (Å²) < 4.78 is 51.7. The summed E-state index contributed by atoms with van der Waals surface area (Å²) in [5, 5.41) is 1.00. The molecular weight excluding hydrogens is 468 g/mol. The Morgan fingerprint density at radius 1 is 0.943 bits per heavy atom. The van der Waals surface area contributed by atoms with Crippen molar-refractivity contribution in [2.75, 3.05) is 34.0 Å². The molecule has 8 nitrogen and oxygen atoms in total. The van der Waals surface area contributed by atoms with E-state index in [-0.39, 0.29) is 17.4 Å². The second kappa shape index (κ2) is 9.52. The number of benzene rings is 3. The number of nitrogens with one attached hydrogen (secondary N) is 2. The van der Waals surface area contributed by atoms with Crippen LogP contribution in [0.25, 0.3) is 10.9 Å². The summed E-state index contributed by atoms with van der Waals surface area (Å²) in [5.41, 5.74) is 2.71. The Bertz CT molecular complexity index is 1460. The molecular formula is C26H26N2O6S. The van der Waals surface area contributed by atoms with Crippen molar-refractivity contribution in [3.63, 3.8) is 0 Å². The molecule has 2 heterocycles. The Morgan fingerprint density at radius 3 is 2.54 bits per heavy atom. The maximum absolute atomic E-state index is 13.3. The van der Waals surface area contributed by atoms with Gasteiger partial charge in [0.2, 0.25) is 10.0 Å². The van der Waals surface area contributed by atoms with E-state index in [1.54, 1.807) is 20.3 Å². The van der Waals surface area contributed by atoms with Crippen LogP contribution in [-0.2, 0) is 10.0 Å². The van der Waals surface area contributed by atoms with Gasteiger partial charge in [0.15, 0.2) is 23.0 Å². The third kappa shape index (κ3) is 4.40. The maximum Gasteiger partial charge on any atom is 0.240 e. The molecule has 0 bridgehead atoms. The quantitative estimate of drug-likeness (QED) is 0.383. The van der Waals surface area contributed by atoms with Crippen LogP contribution in [0.1, 0.15) is 17.0 Å². The van der Waals surface area contributed by atoms with Crippen molar-refractivity contribution in [3.05, 3.63) is 78.0 Å². The van der Waals surface area contributed by atoms with Crippen LogP contribution >= 0.6 is 0 Å². The van der Waals surface area contributed by atoms with Gasteiger partial charge in [-0.1, -0.05) is 30.3 Å². The van der Waals surface area contributed by atoms with Crippen LogP contribution in [0, 0.1) is 0 Å². The predicted molar refractivity (Wildman–Crippen MR) is 132 cm³/mol. The molecule has 5 rings (SSSR count). The second-order valence-electron chi connectivity index (χ2n) is 8.08. The minimum atomic E-state index is -3.84. The molecule has 3 aromatic carbocycles. The summed E-state index contributed by atoms with van der Waals surface area (Å²) in [4.78, 5) is 3.40. The average Bonchev–Trinajstić information content (AvgIpc) is 3.32. The molecule has 9 heteroatoms. The van der Waals surface area contributed by atoms with E-state index in [9.17, 15) is 8.42 Å². The van der Waals surface area contributed by atoms with Crippen LogP contribution in [-0.4, -0.2) is 47.4 Å². The van der Waals surface area contributed by atoms with Crippen LogP contribution in [0.5, 0.6) is 23.0 Å². The number of hydrogen-bond acceptors (Lipinski definition) is 6. The third-order valence-corrected chi connectivity index (χ3v) is 7.53. The minimum Gasteiger partial charge on any atom is -0.493 e. The molecule has 1 aliphatic heterocycles. The summed E-state index contributed by atoms with van der Waals surface area (Å²) in [5.74, 6) is 1.73. The molecule has 0 amide bonds. The van der Waals surface area contributed by atoms with Gasteiger partial charge in [-0.25, -0.2) is 13.1 Å². The standard InChI is InChI=1S/C26H26N2O6S/c1-31-24-9-5-7-19(26(24)32-2)21(20-15-27-22-8-4-3-6-18(20)22)16-28-35(29,30)17-10-11-23-25(14-17)34-13-12-33-23/h3-11,14-15,21,27-28H,12-13,16H2,1-2H3.